The molecule has 0 aliphatic rings. The van der Waals surface area contributed by atoms with Gasteiger partial charge in [-0.25, -0.2) is 4.79 Å². The zero-order valence-corrected chi connectivity index (χ0v) is 10.3. The highest BCUT2D eigenvalue weighted by atomic mass is 32.2. The Labute approximate surface area is 99.8 Å². The minimum absolute atomic E-state index is 0.233. The molecule has 0 amide bonds. The van der Waals surface area contributed by atoms with E-state index in [4.69, 9.17) is 9.84 Å². The van der Waals surface area contributed by atoms with E-state index in [1.165, 1.54) is 7.11 Å². The van der Waals surface area contributed by atoms with E-state index >= 15 is 0 Å². The second kappa shape index (κ2) is 6.43. The molecule has 0 radical (unpaired) electrons. The van der Waals surface area contributed by atoms with Gasteiger partial charge in [-0.15, -0.1) is 0 Å². The van der Waals surface area contributed by atoms with Gasteiger partial charge in [0.2, 0.25) is 0 Å². The van der Waals surface area contributed by atoms with Crippen molar-refractivity contribution in [2.75, 3.05) is 12.9 Å². The first-order chi connectivity index (χ1) is 7.69. The van der Waals surface area contributed by atoms with E-state index in [0.29, 0.717) is 5.75 Å². The predicted molar refractivity (Wildman–Crippen MR) is 66.4 cm³/mol. The minimum Gasteiger partial charge on any atom is -0.496 e. The number of aromatic carboxylic acids is 1. The molecular weight excluding hydrogens is 224 g/mol. The first-order valence-corrected chi connectivity index (χ1v) is 6.32. The first kappa shape index (κ1) is 12.9. The molecule has 0 atom stereocenters. The fraction of sp³-hybridized carbons (Fsp3) is 0.417. The first-order valence-electron chi connectivity index (χ1n) is 5.17. The monoisotopic (exact) mass is 240 g/mol. The fourth-order valence-electron chi connectivity index (χ4n) is 1.35. The summed E-state index contributed by atoms with van der Waals surface area (Å²) in [6.45, 7) is 2.13. The van der Waals surface area contributed by atoms with Gasteiger partial charge in [-0.1, -0.05) is 13.0 Å². The van der Waals surface area contributed by atoms with Crippen molar-refractivity contribution >= 4 is 17.7 Å². The summed E-state index contributed by atoms with van der Waals surface area (Å²) in [6.07, 6.45) is 1.13. The van der Waals surface area contributed by atoms with Crippen molar-refractivity contribution < 1.29 is 14.6 Å². The quantitative estimate of drug-likeness (QED) is 0.776. The number of carboxylic acid groups (broad SMARTS) is 1. The van der Waals surface area contributed by atoms with Gasteiger partial charge in [-0.05, 0) is 29.9 Å². The van der Waals surface area contributed by atoms with Crippen molar-refractivity contribution in [3.05, 3.63) is 29.3 Å². The number of ether oxygens (including phenoxy) is 1. The van der Waals surface area contributed by atoms with Gasteiger partial charge in [0.05, 0.1) is 7.11 Å². The van der Waals surface area contributed by atoms with Crippen LogP contribution < -0.4 is 4.74 Å². The van der Waals surface area contributed by atoms with Crippen LogP contribution in [-0.4, -0.2) is 23.9 Å². The molecule has 0 bridgehead atoms. The van der Waals surface area contributed by atoms with Crippen LogP contribution in [0.2, 0.25) is 0 Å². The molecule has 4 heteroatoms. The van der Waals surface area contributed by atoms with Gasteiger partial charge in [0.25, 0.3) is 0 Å². The SMILES string of the molecule is CCCSCc1ccc(OC)c(C(=O)O)c1. The Morgan fingerprint density at radius 1 is 1.50 bits per heavy atom. The maximum Gasteiger partial charge on any atom is 0.339 e. The van der Waals surface area contributed by atoms with Gasteiger partial charge in [0, 0.05) is 5.75 Å². The summed E-state index contributed by atoms with van der Waals surface area (Å²) >= 11 is 1.81. The lowest BCUT2D eigenvalue weighted by molar-refractivity contribution is 0.0693. The molecule has 0 unspecified atom stereocenters. The molecule has 1 aromatic carbocycles. The highest BCUT2D eigenvalue weighted by molar-refractivity contribution is 7.98. The topological polar surface area (TPSA) is 46.5 Å². The Kier molecular flexibility index (Phi) is 5.19. The molecule has 1 rings (SSSR count). The van der Waals surface area contributed by atoms with Crippen LogP contribution in [0, 0.1) is 0 Å². The van der Waals surface area contributed by atoms with Crippen molar-refractivity contribution in [1.82, 2.24) is 0 Å². The third kappa shape index (κ3) is 3.45. The van der Waals surface area contributed by atoms with Gasteiger partial charge in [-0.3, -0.25) is 0 Å². The van der Waals surface area contributed by atoms with Crippen molar-refractivity contribution in [1.29, 1.82) is 0 Å². The molecule has 0 saturated carbocycles. The highest BCUT2D eigenvalue weighted by Crippen LogP contribution is 2.22. The number of thioether (sulfide) groups is 1. The molecule has 0 fully saturated rings. The van der Waals surface area contributed by atoms with Gasteiger partial charge >= 0.3 is 5.97 Å². The van der Waals surface area contributed by atoms with Crippen LogP contribution in [0.15, 0.2) is 18.2 Å². The second-order valence-electron chi connectivity index (χ2n) is 3.39. The zero-order valence-electron chi connectivity index (χ0n) is 9.53. The van der Waals surface area contributed by atoms with Crippen LogP contribution in [0.25, 0.3) is 0 Å². The van der Waals surface area contributed by atoms with E-state index in [1.54, 1.807) is 23.9 Å². The second-order valence-corrected chi connectivity index (χ2v) is 4.50. The average molecular weight is 240 g/mol. The predicted octanol–water partition coefficient (Wildman–Crippen LogP) is 3.04. The third-order valence-electron chi connectivity index (χ3n) is 2.11. The Hall–Kier alpha value is -1.16. The van der Waals surface area contributed by atoms with Crippen LogP contribution in [0.5, 0.6) is 5.75 Å². The Balaban J connectivity index is 2.81. The molecular formula is C12H16O3S. The number of methoxy groups -OCH3 is 1. The minimum atomic E-state index is -0.945. The molecule has 0 aliphatic heterocycles. The molecule has 0 aromatic heterocycles. The lowest BCUT2D eigenvalue weighted by Crippen LogP contribution is -2.01. The lowest BCUT2D eigenvalue weighted by atomic mass is 10.1. The molecule has 88 valence electrons. The summed E-state index contributed by atoms with van der Waals surface area (Å²) in [7, 11) is 1.48. The van der Waals surface area contributed by atoms with E-state index in [2.05, 4.69) is 6.92 Å². The largest absolute Gasteiger partial charge is 0.496 e. The highest BCUT2D eigenvalue weighted by Gasteiger charge is 2.11. The molecule has 0 heterocycles. The van der Waals surface area contributed by atoms with Crippen molar-refractivity contribution in [2.45, 2.75) is 19.1 Å². The number of carbonyl (C=O) groups is 1. The molecule has 0 saturated heterocycles. The summed E-state index contributed by atoms with van der Waals surface area (Å²) in [5.74, 6) is 1.41. The van der Waals surface area contributed by atoms with Crippen molar-refractivity contribution in [3.63, 3.8) is 0 Å². The Morgan fingerprint density at radius 2 is 2.25 bits per heavy atom. The normalized spacial score (nSPS) is 10.1. The Morgan fingerprint density at radius 3 is 2.81 bits per heavy atom. The number of benzene rings is 1. The number of carboxylic acids is 1. The van der Waals surface area contributed by atoms with Gasteiger partial charge in [0.15, 0.2) is 0 Å². The summed E-state index contributed by atoms with van der Waals surface area (Å²) < 4.78 is 5.00. The maximum atomic E-state index is 11.0. The molecule has 0 aliphatic carbocycles. The van der Waals surface area contributed by atoms with Gasteiger partial charge in [0.1, 0.15) is 11.3 Å². The van der Waals surface area contributed by atoms with E-state index in [9.17, 15) is 4.79 Å². The van der Waals surface area contributed by atoms with E-state index in [-0.39, 0.29) is 5.56 Å². The molecule has 16 heavy (non-hydrogen) atoms. The fourth-order valence-corrected chi connectivity index (χ4v) is 2.19. The zero-order chi connectivity index (χ0) is 12.0. The van der Waals surface area contributed by atoms with Gasteiger partial charge in [-0.2, -0.15) is 11.8 Å². The average Bonchev–Trinajstić information content (AvgIpc) is 2.29. The van der Waals surface area contributed by atoms with Gasteiger partial charge < -0.3 is 9.84 Å². The summed E-state index contributed by atoms with van der Waals surface area (Å²) in [6, 6.07) is 5.31. The lowest BCUT2D eigenvalue weighted by Gasteiger charge is -2.07. The molecule has 3 nitrogen and oxygen atoms in total. The summed E-state index contributed by atoms with van der Waals surface area (Å²) in [4.78, 5) is 11.0. The molecule has 0 spiro atoms. The third-order valence-corrected chi connectivity index (χ3v) is 3.35. The number of rotatable bonds is 6. The van der Waals surface area contributed by atoms with E-state index < -0.39 is 5.97 Å². The maximum absolute atomic E-state index is 11.0. The van der Waals surface area contributed by atoms with Crippen LogP contribution in [0.1, 0.15) is 29.3 Å². The summed E-state index contributed by atoms with van der Waals surface area (Å²) in [5, 5.41) is 9.01. The van der Waals surface area contributed by atoms with Crippen LogP contribution in [0.3, 0.4) is 0 Å². The van der Waals surface area contributed by atoms with Crippen LogP contribution >= 0.6 is 11.8 Å². The van der Waals surface area contributed by atoms with Crippen molar-refractivity contribution in [3.8, 4) is 5.75 Å². The Bertz CT molecular complexity index is 363. The molecule has 1 aromatic rings. The molecule has 1 N–H and O–H groups in total. The smallest absolute Gasteiger partial charge is 0.339 e. The number of hydrogen-bond acceptors (Lipinski definition) is 3. The standard InChI is InChI=1S/C12H16O3S/c1-3-6-16-8-9-4-5-11(15-2)10(7-9)12(13)14/h4-5,7H,3,6,8H2,1-2H3,(H,13,14). The summed E-state index contributed by atoms with van der Waals surface area (Å²) in [5.41, 5.74) is 1.26. The van der Waals surface area contributed by atoms with Crippen molar-refractivity contribution in [2.24, 2.45) is 0 Å². The number of hydrogen-bond donors (Lipinski definition) is 1. The van der Waals surface area contributed by atoms with Crippen LogP contribution in [0.4, 0.5) is 0 Å². The van der Waals surface area contributed by atoms with Crippen LogP contribution in [-0.2, 0) is 5.75 Å². The van der Waals surface area contributed by atoms with E-state index in [0.717, 1.165) is 23.5 Å². The van der Waals surface area contributed by atoms with E-state index in [1.807, 2.05) is 6.07 Å².